The van der Waals surface area contributed by atoms with Gasteiger partial charge >= 0.3 is 0 Å². The Bertz CT molecular complexity index is 1400. The van der Waals surface area contributed by atoms with Crippen molar-refractivity contribution in [3.05, 3.63) is 87.2 Å². The molecule has 5 rings (SSSR count). The van der Waals surface area contributed by atoms with Gasteiger partial charge in [0.25, 0.3) is 0 Å². The first-order valence-electron chi connectivity index (χ1n) is 10.7. The van der Waals surface area contributed by atoms with Gasteiger partial charge in [0.2, 0.25) is 11.2 Å². The predicted octanol–water partition coefficient (Wildman–Crippen LogP) is 6.08. The topological polar surface area (TPSA) is 76.4 Å². The molecule has 34 heavy (non-hydrogen) atoms. The molecular weight excluding hydrogens is 460 g/mol. The van der Waals surface area contributed by atoms with Crippen LogP contribution in [0.5, 0.6) is 28.7 Å². The fourth-order valence-electron chi connectivity index (χ4n) is 3.70. The monoisotopic (exact) mass is 480 g/mol. The van der Waals surface area contributed by atoms with Crippen LogP contribution in [0, 0.1) is 0 Å². The lowest BCUT2D eigenvalue weighted by atomic mass is 10.1. The molecule has 0 unspecified atom stereocenters. The summed E-state index contributed by atoms with van der Waals surface area (Å²) in [6.07, 6.45) is 1.29. The van der Waals surface area contributed by atoms with Crippen molar-refractivity contribution in [1.82, 2.24) is 0 Å². The Labute approximate surface area is 200 Å². The van der Waals surface area contributed by atoms with Gasteiger partial charge in [-0.2, -0.15) is 0 Å². The first-order valence-corrected chi connectivity index (χ1v) is 11.1. The maximum Gasteiger partial charge on any atom is 0.235 e. The number of para-hydroxylation sites is 2. The lowest BCUT2D eigenvalue weighted by Gasteiger charge is -2.21. The first-order chi connectivity index (χ1) is 16.6. The molecular formula is C26H21ClO7. The van der Waals surface area contributed by atoms with E-state index in [9.17, 15) is 4.79 Å². The van der Waals surface area contributed by atoms with E-state index in [4.69, 9.17) is 39.7 Å². The van der Waals surface area contributed by atoms with E-state index >= 15 is 0 Å². The van der Waals surface area contributed by atoms with E-state index < -0.39 is 0 Å². The third-order valence-electron chi connectivity index (χ3n) is 5.23. The predicted molar refractivity (Wildman–Crippen MR) is 126 cm³/mol. The van der Waals surface area contributed by atoms with E-state index in [0.717, 1.165) is 16.9 Å². The van der Waals surface area contributed by atoms with E-state index in [1.54, 1.807) is 42.5 Å². The highest BCUT2D eigenvalue weighted by Crippen LogP contribution is 2.33. The van der Waals surface area contributed by atoms with Crippen LogP contribution < -0.4 is 24.4 Å². The van der Waals surface area contributed by atoms with Crippen molar-refractivity contribution in [3.63, 3.8) is 0 Å². The number of benzene rings is 3. The van der Waals surface area contributed by atoms with Crippen molar-refractivity contribution >= 4 is 22.6 Å². The SMILES string of the molecule is CCOc1ccccc1Oc1coc2cc(OCc3cc(Cl)cc4c3OCOC4)ccc2c1=O. The molecule has 8 heteroatoms. The van der Waals surface area contributed by atoms with E-state index in [2.05, 4.69) is 0 Å². The standard InChI is InChI=1S/C26H21ClO7/c1-2-30-21-5-3-4-6-22(21)34-24-14-32-23-11-19(7-8-20(23)25(24)28)31-13-17-10-18(27)9-16-12-29-15-33-26(16)17/h3-11,14H,2,12-13,15H2,1H3. The molecule has 0 amide bonds. The molecule has 0 radical (unpaired) electrons. The quantitative estimate of drug-likeness (QED) is 0.317. The third-order valence-corrected chi connectivity index (χ3v) is 5.45. The van der Waals surface area contributed by atoms with Crippen LogP contribution in [0.4, 0.5) is 0 Å². The van der Waals surface area contributed by atoms with Crippen molar-refractivity contribution < 1.29 is 28.1 Å². The number of hydrogen-bond acceptors (Lipinski definition) is 7. The van der Waals surface area contributed by atoms with Gasteiger partial charge in [-0.1, -0.05) is 23.7 Å². The van der Waals surface area contributed by atoms with Crippen LogP contribution in [0.1, 0.15) is 18.1 Å². The number of halogens is 1. The molecule has 1 aromatic heterocycles. The van der Waals surface area contributed by atoms with Crippen molar-refractivity contribution in [3.8, 4) is 28.7 Å². The summed E-state index contributed by atoms with van der Waals surface area (Å²) in [6, 6.07) is 15.8. The minimum atomic E-state index is -0.295. The maximum absolute atomic E-state index is 13.0. The highest BCUT2D eigenvalue weighted by molar-refractivity contribution is 6.30. The number of ether oxygens (including phenoxy) is 5. The van der Waals surface area contributed by atoms with Crippen molar-refractivity contribution in [1.29, 1.82) is 0 Å². The summed E-state index contributed by atoms with van der Waals surface area (Å²) in [5, 5.41) is 0.953. The van der Waals surface area contributed by atoms with Gasteiger partial charge in [-0.25, -0.2) is 0 Å². The smallest absolute Gasteiger partial charge is 0.235 e. The highest BCUT2D eigenvalue weighted by Gasteiger charge is 2.17. The summed E-state index contributed by atoms with van der Waals surface area (Å²) in [6.45, 7) is 3.20. The minimum Gasteiger partial charge on any atom is -0.490 e. The first kappa shape index (κ1) is 22.1. The minimum absolute atomic E-state index is 0.0678. The van der Waals surface area contributed by atoms with E-state index in [1.807, 2.05) is 19.1 Å². The molecule has 0 saturated heterocycles. The number of hydrogen-bond donors (Lipinski definition) is 0. The van der Waals surface area contributed by atoms with Crippen LogP contribution in [-0.2, 0) is 18.0 Å². The van der Waals surface area contributed by atoms with E-state index in [1.165, 1.54) is 6.26 Å². The summed E-state index contributed by atoms with van der Waals surface area (Å²) < 4.78 is 33.9. The van der Waals surface area contributed by atoms with Crippen LogP contribution in [-0.4, -0.2) is 13.4 Å². The van der Waals surface area contributed by atoms with Gasteiger partial charge in [0, 0.05) is 22.2 Å². The lowest BCUT2D eigenvalue weighted by molar-refractivity contribution is -0.0175. The fourth-order valence-corrected chi connectivity index (χ4v) is 3.97. The fraction of sp³-hybridized carbons (Fsp3) is 0.192. The molecule has 0 N–H and O–H groups in total. The van der Waals surface area contributed by atoms with Gasteiger partial charge in [0.15, 0.2) is 18.3 Å². The Balaban J connectivity index is 1.37. The van der Waals surface area contributed by atoms with Crippen molar-refractivity contribution in [2.75, 3.05) is 13.4 Å². The molecule has 0 atom stereocenters. The molecule has 3 aromatic carbocycles. The molecule has 0 fully saturated rings. The molecule has 1 aliphatic rings. The van der Waals surface area contributed by atoms with Crippen LogP contribution in [0.25, 0.3) is 11.0 Å². The van der Waals surface area contributed by atoms with Gasteiger partial charge in [-0.15, -0.1) is 0 Å². The number of rotatable bonds is 7. The third kappa shape index (κ3) is 4.53. The Morgan fingerprint density at radius 1 is 1.00 bits per heavy atom. The summed E-state index contributed by atoms with van der Waals surface area (Å²) >= 11 is 6.22. The van der Waals surface area contributed by atoms with Crippen molar-refractivity contribution in [2.45, 2.75) is 20.1 Å². The zero-order valence-electron chi connectivity index (χ0n) is 18.3. The number of fused-ring (bicyclic) bond motifs is 2. The molecule has 174 valence electrons. The van der Waals surface area contributed by atoms with Crippen LogP contribution in [0.3, 0.4) is 0 Å². The zero-order chi connectivity index (χ0) is 23.5. The summed E-state index contributed by atoms with van der Waals surface area (Å²) in [5.41, 5.74) is 1.77. The van der Waals surface area contributed by atoms with Crippen LogP contribution in [0.2, 0.25) is 5.02 Å². The van der Waals surface area contributed by atoms with E-state index in [-0.39, 0.29) is 24.6 Å². The summed E-state index contributed by atoms with van der Waals surface area (Å²) in [5.74, 6) is 2.31. The molecule has 4 aromatic rings. The molecule has 0 aliphatic carbocycles. The van der Waals surface area contributed by atoms with Gasteiger partial charge in [-0.05, 0) is 43.3 Å². The normalized spacial score (nSPS) is 12.6. The molecule has 0 saturated carbocycles. The van der Waals surface area contributed by atoms with Gasteiger partial charge < -0.3 is 28.1 Å². The second kappa shape index (κ2) is 9.67. The molecule has 7 nitrogen and oxygen atoms in total. The Hall–Kier alpha value is -3.68. The van der Waals surface area contributed by atoms with Crippen LogP contribution in [0.15, 0.2) is 70.1 Å². The second-order valence-corrected chi connectivity index (χ2v) is 7.96. The largest absolute Gasteiger partial charge is 0.490 e. The lowest BCUT2D eigenvalue weighted by Crippen LogP contribution is -2.14. The van der Waals surface area contributed by atoms with Gasteiger partial charge in [0.05, 0.1) is 18.6 Å². The molecule has 1 aliphatic heterocycles. The second-order valence-electron chi connectivity index (χ2n) is 7.52. The maximum atomic E-state index is 13.0. The van der Waals surface area contributed by atoms with Crippen LogP contribution >= 0.6 is 11.6 Å². The van der Waals surface area contributed by atoms with Crippen molar-refractivity contribution in [2.24, 2.45) is 0 Å². The summed E-state index contributed by atoms with van der Waals surface area (Å²) in [4.78, 5) is 13.0. The van der Waals surface area contributed by atoms with E-state index in [0.29, 0.717) is 46.5 Å². The van der Waals surface area contributed by atoms with Gasteiger partial charge in [-0.3, -0.25) is 4.79 Å². The summed E-state index contributed by atoms with van der Waals surface area (Å²) in [7, 11) is 0. The Kier molecular flexibility index (Phi) is 6.29. The zero-order valence-corrected chi connectivity index (χ0v) is 19.1. The highest BCUT2D eigenvalue weighted by atomic mass is 35.5. The molecule has 0 spiro atoms. The molecule has 0 bridgehead atoms. The average molecular weight is 481 g/mol. The van der Waals surface area contributed by atoms with Gasteiger partial charge in [0.1, 0.15) is 30.0 Å². The Morgan fingerprint density at radius 3 is 2.71 bits per heavy atom. The molecule has 2 heterocycles. The Morgan fingerprint density at radius 2 is 1.85 bits per heavy atom. The average Bonchev–Trinajstić information content (AvgIpc) is 2.85.